The molecule has 1 unspecified atom stereocenters. The molecule has 28 heavy (non-hydrogen) atoms. The minimum Gasteiger partial charge on any atom is -0.352 e. The van der Waals surface area contributed by atoms with Crippen molar-refractivity contribution in [3.8, 4) is 0 Å². The number of urea groups is 1. The molecule has 0 bridgehead atoms. The number of para-hydroxylation sites is 1. The minimum atomic E-state index is -0.0558. The number of likely N-dealkylation sites (tertiary alicyclic amines) is 1. The maximum absolute atomic E-state index is 12.5. The number of hydrogen-bond acceptors (Lipinski definition) is 2. The molecule has 2 aromatic rings. The molecule has 1 heterocycles. The van der Waals surface area contributed by atoms with Crippen molar-refractivity contribution in [3.63, 3.8) is 0 Å². The normalized spacial score (nSPS) is 16.5. The molecule has 0 saturated carbocycles. The van der Waals surface area contributed by atoms with E-state index in [1.165, 1.54) is 5.56 Å². The predicted octanol–water partition coefficient (Wildman–Crippen LogP) is 4.34. The third-order valence-electron chi connectivity index (χ3n) is 5.22. The molecular formula is C23H29N3O2. The van der Waals surface area contributed by atoms with Crippen molar-refractivity contribution in [1.29, 1.82) is 0 Å². The van der Waals surface area contributed by atoms with Gasteiger partial charge in [0.2, 0.25) is 5.91 Å². The van der Waals surface area contributed by atoms with Gasteiger partial charge in [-0.05, 0) is 49.8 Å². The zero-order valence-corrected chi connectivity index (χ0v) is 16.5. The lowest BCUT2D eigenvalue weighted by Gasteiger charge is -2.32. The molecule has 3 amide bonds. The highest BCUT2D eigenvalue weighted by atomic mass is 16.2. The number of amides is 3. The first-order valence-electron chi connectivity index (χ1n) is 10.0. The molecule has 2 N–H and O–H groups in total. The van der Waals surface area contributed by atoms with E-state index in [2.05, 4.69) is 29.7 Å². The third kappa shape index (κ3) is 6.12. The van der Waals surface area contributed by atoms with Crippen LogP contribution in [0.15, 0.2) is 54.6 Å². The van der Waals surface area contributed by atoms with E-state index in [-0.39, 0.29) is 11.9 Å². The highest BCUT2D eigenvalue weighted by Crippen LogP contribution is 2.22. The van der Waals surface area contributed by atoms with Gasteiger partial charge >= 0.3 is 6.03 Å². The van der Waals surface area contributed by atoms with Gasteiger partial charge in [-0.15, -0.1) is 0 Å². The monoisotopic (exact) mass is 379 g/mol. The standard InChI is InChI=1S/C23H29N3O2/c1-18-9-11-19(12-10-18)16-24-22(27)14-13-20-6-5-15-26(17-20)23(28)25-21-7-3-2-4-8-21/h2-4,7-12,20H,5-6,13-17H2,1H3,(H,24,27)(H,25,28). The molecule has 1 aliphatic heterocycles. The summed E-state index contributed by atoms with van der Waals surface area (Å²) in [7, 11) is 0. The molecule has 1 saturated heterocycles. The van der Waals surface area contributed by atoms with Crippen molar-refractivity contribution in [2.45, 2.75) is 39.2 Å². The quantitative estimate of drug-likeness (QED) is 0.784. The zero-order valence-electron chi connectivity index (χ0n) is 16.5. The van der Waals surface area contributed by atoms with Crippen LogP contribution in [0.1, 0.15) is 36.8 Å². The summed E-state index contributed by atoms with van der Waals surface area (Å²) >= 11 is 0. The topological polar surface area (TPSA) is 61.4 Å². The molecule has 1 aliphatic rings. The van der Waals surface area contributed by atoms with Gasteiger partial charge in [0.05, 0.1) is 0 Å². The SMILES string of the molecule is Cc1ccc(CNC(=O)CCC2CCCN(C(=O)Nc3ccccc3)C2)cc1. The number of rotatable bonds is 6. The van der Waals surface area contributed by atoms with Gasteiger partial charge in [0, 0.05) is 31.7 Å². The maximum atomic E-state index is 12.5. The van der Waals surface area contributed by atoms with E-state index in [0.29, 0.717) is 25.4 Å². The van der Waals surface area contributed by atoms with Crippen molar-refractivity contribution >= 4 is 17.6 Å². The van der Waals surface area contributed by atoms with Crippen LogP contribution in [0.2, 0.25) is 0 Å². The molecule has 1 atom stereocenters. The third-order valence-corrected chi connectivity index (χ3v) is 5.22. The maximum Gasteiger partial charge on any atom is 0.321 e. The smallest absolute Gasteiger partial charge is 0.321 e. The van der Waals surface area contributed by atoms with Gasteiger partial charge in [0.15, 0.2) is 0 Å². The average molecular weight is 380 g/mol. The molecule has 5 heteroatoms. The number of benzene rings is 2. The van der Waals surface area contributed by atoms with Crippen molar-refractivity contribution in [2.24, 2.45) is 5.92 Å². The van der Waals surface area contributed by atoms with Crippen LogP contribution >= 0.6 is 0 Å². The van der Waals surface area contributed by atoms with E-state index < -0.39 is 0 Å². The van der Waals surface area contributed by atoms with Crippen LogP contribution in [0.25, 0.3) is 0 Å². The summed E-state index contributed by atoms with van der Waals surface area (Å²) in [5.74, 6) is 0.451. The Kier molecular flexibility index (Phi) is 7.06. The Balaban J connectivity index is 1.40. The summed E-state index contributed by atoms with van der Waals surface area (Å²) in [5, 5.41) is 5.94. The van der Waals surface area contributed by atoms with Gasteiger partial charge in [0.1, 0.15) is 0 Å². The number of nitrogens with one attached hydrogen (secondary N) is 2. The summed E-state index contributed by atoms with van der Waals surface area (Å²) in [4.78, 5) is 26.5. The first kappa shape index (κ1) is 19.9. The Morgan fingerprint density at radius 3 is 2.57 bits per heavy atom. The molecule has 3 rings (SSSR count). The van der Waals surface area contributed by atoms with Crippen molar-refractivity contribution in [1.82, 2.24) is 10.2 Å². The van der Waals surface area contributed by atoms with Crippen molar-refractivity contribution < 1.29 is 9.59 Å². The highest BCUT2D eigenvalue weighted by molar-refractivity contribution is 5.89. The lowest BCUT2D eigenvalue weighted by atomic mass is 9.93. The van der Waals surface area contributed by atoms with Crippen LogP contribution in [-0.4, -0.2) is 29.9 Å². The van der Waals surface area contributed by atoms with Gasteiger partial charge in [-0.1, -0.05) is 48.0 Å². The van der Waals surface area contributed by atoms with Crippen LogP contribution in [0, 0.1) is 12.8 Å². The van der Waals surface area contributed by atoms with E-state index >= 15 is 0 Å². The fraction of sp³-hybridized carbons (Fsp3) is 0.391. The number of carbonyl (C=O) groups excluding carboxylic acids is 2. The second-order valence-electron chi connectivity index (χ2n) is 7.55. The molecule has 148 valence electrons. The van der Waals surface area contributed by atoms with E-state index in [9.17, 15) is 9.59 Å². The number of aryl methyl sites for hydroxylation is 1. The number of carbonyl (C=O) groups is 2. The first-order chi connectivity index (χ1) is 13.6. The molecule has 5 nitrogen and oxygen atoms in total. The lowest BCUT2D eigenvalue weighted by molar-refractivity contribution is -0.121. The molecule has 0 radical (unpaired) electrons. The van der Waals surface area contributed by atoms with Gasteiger partial charge < -0.3 is 15.5 Å². The molecule has 1 fully saturated rings. The Morgan fingerprint density at radius 1 is 1.07 bits per heavy atom. The molecule has 0 aliphatic carbocycles. The first-order valence-corrected chi connectivity index (χ1v) is 10.0. The van der Waals surface area contributed by atoms with Crippen LogP contribution in [0.3, 0.4) is 0 Å². The number of nitrogens with zero attached hydrogens (tertiary/aromatic N) is 1. The van der Waals surface area contributed by atoms with Gasteiger partial charge in [-0.2, -0.15) is 0 Å². The Labute approximate surface area is 167 Å². The fourth-order valence-electron chi connectivity index (χ4n) is 3.54. The Morgan fingerprint density at radius 2 is 1.82 bits per heavy atom. The van der Waals surface area contributed by atoms with Crippen LogP contribution in [-0.2, 0) is 11.3 Å². The second kappa shape index (κ2) is 9.93. The number of hydrogen-bond donors (Lipinski definition) is 2. The summed E-state index contributed by atoms with van der Waals surface area (Å²) in [6.45, 7) is 4.10. The van der Waals surface area contributed by atoms with Crippen molar-refractivity contribution in [3.05, 3.63) is 65.7 Å². The summed E-state index contributed by atoms with van der Waals surface area (Å²) < 4.78 is 0. The molecule has 0 aromatic heterocycles. The predicted molar refractivity (Wildman–Crippen MR) is 112 cm³/mol. The van der Waals surface area contributed by atoms with E-state index in [0.717, 1.165) is 37.1 Å². The summed E-state index contributed by atoms with van der Waals surface area (Å²) in [6.07, 6.45) is 3.37. The number of piperidine rings is 1. The summed E-state index contributed by atoms with van der Waals surface area (Å²) in [5.41, 5.74) is 3.14. The Bertz CT molecular complexity index is 774. The molecule has 2 aromatic carbocycles. The minimum absolute atomic E-state index is 0.0558. The van der Waals surface area contributed by atoms with E-state index in [1.807, 2.05) is 47.4 Å². The fourth-order valence-corrected chi connectivity index (χ4v) is 3.54. The average Bonchev–Trinajstić information content (AvgIpc) is 2.73. The summed E-state index contributed by atoms with van der Waals surface area (Å²) in [6, 6.07) is 17.6. The zero-order chi connectivity index (χ0) is 19.8. The van der Waals surface area contributed by atoms with E-state index in [4.69, 9.17) is 0 Å². The van der Waals surface area contributed by atoms with Gasteiger partial charge in [-0.3, -0.25) is 4.79 Å². The van der Waals surface area contributed by atoms with Crippen LogP contribution in [0.4, 0.5) is 10.5 Å². The lowest BCUT2D eigenvalue weighted by Crippen LogP contribution is -2.42. The van der Waals surface area contributed by atoms with Gasteiger partial charge in [0.25, 0.3) is 0 Å². The van der Waals surface area contributed by atoms with Crippen LogP contribution < -0.4 is 10.6 Å². The van der Waals surface area contributed by atoms with E-state index in [1.54, 1.807) is 0 Å². The number of anilines is 1. The molecular weight excluding hydrogens is 350 g/mol. The van der Waals surface area contributed by atoms with Gasteiger partial charge in [-0.25, -0.2) is 4.79 Å². The second-order valence-corrected chi connectivity index (χ2v) is 7.55. The van der Waals surface area contributed by atoms with Crippen molar-refractivity contribution in [2.75, 3.05) is 18.4 Å². The molecule has 0 spiro atoms. The largest absolute Gasteiger partial charge is 0.352 e. The highest BCUT2D eigenvalue weighted by Gasteiger charge is 2.24. The van der Waals surface area contributed by atoms with Crippen LogP contribution in [0.5, 0.6) is 0 Å². The Hall–Kier alpha value is -2.82.